The number of carbonyl (C=O) groups excluding carboxylic acids is 2. The molecule has 0 aromatic rings. The fourth-order valence-corrected chi connectivity index (χ4v) is 1.65. The Hall–Kier alpha value is -1.61. The van der Waals surface area contributed by atoms with Gasteiger partial charge >= 0.3 is 5.97 Å². The Morgan fingerprint density at radius 3 is 2.94 bits per heavy atom. The van der Waals surface area contributed by atoms with Crippen LogP contribution in [0.25, 0.3) is 0 Å². The molecular formula is C11H16N2O4. The summed E-state index contributed by atoms with van der Waals surface area (Å²) in [5, 5.41) is 11.0. The molecular weight excluding hydrogens is 224 g/mol. The van der Waals surface area contributed by atoms with Gasteiger partial charge in [-0.25, -0.2) is 4.79 Å². The molecule has 1 rings (SSSR count). The molecule has 2 atom stereocenters. The minimum absolute atomic E-state index is 0.186. The summed E-state index contributed by atoms with van der Waals surface area (Å²) in [6.07, 6.45) is 1.47. The van der Waals surface area contributed by atoms with Crippen LogP contribution in [0.1, 0.15) is 25.7 Å². The highest BCUT2D eigenvalue weighted by Gasteiger charge is 2.28. The summed E-state index contributed by atoms with van der Waals surface area (Å²) in [7, 11) is 1.25. The second kappa shape index (κ2) is 6.86. The fraction of sp³-hybridized carbons (Fsp3) is 0.727. The fourth-order valence-electron chi connectivity index (χ4n) is 1.65. The molecule has 0 bridgehead atoms. The number of carbonyl (C=O) groups is 2. The third kappa shape index (κ3) is 4.04. The Labute approximate surface area is 99.9 Å². The quantitative estimate of drug-likeness (QED) is 0.690. The van der Waals surface area contributed by atoms with E-state index in [-0.39, 0.29) is 18.7 Å². The summed E-state index contributed by atoms with van der Waals surface area (Å²) in [6, 6.07) is 1.16. The van der Waals surface area contributed by atoms with E-state index in [0.29, 0.717) is 13.0 Å². The van der Waals surface area contributed by atoms with Crippen molar-refractivity contribution in [3.63, 3.8) is 0 Å². The Morgan fingerprint density at radius 2 is 2.41 bits per heavy atom. The highest BCUT2D eigenvalue weighted by molar-refractivity contribution is 5.87. The third-order valence-electron chi connectivity index (χ3n) is 2.57. The summed E-state index contributed by atoms with van der Waals surface area (Å²) >= 11 is 0. The number of nitrogens with one attached hydrogen (secondary N) is 1. The number of nitriles is 1. The van der Waals surface area contributed by atoms with Gasteiger partial charge in [-0.2, -0.15) is 5.26 Å². The van der Waals surface area contributed by atoms with Gasteiger partial charge in [0.2, 0.25) is 5.91 Å². The van der Waals surface area contributed by atoms with E-state index in [1.165, 1.54) is 7.11 Å². The van der Waals surface area contributed by atoms with Crippen molar-refractivity contribution in [3.05, 3.63) is 0 Å². The van der Waals surface area contributed by atoms with Gasteiger partial charge in [0, 0.05) is 13.0 Å². The van der Waals surface area contributed by atoms with Gasteiger partial charge in [-0.15, -0.1) is 0 Å². The summed E-state index contributed by atoms with van der Waals surface area (Å²) < 4.78 is 9.77. The van der Waals surface area contributed by atoms with E-state index in [4.69, 9.17) is 10.00 Å². The Balaban J connectivity index is 2.49. The normalized spacial score (nSPS) is 20.4. The second-order valence-corrected chi connectivity index (χ2v) is 3.78. The molecule has 1 heterocycles. The molecule has 6 heteroatoms. The number of esters is 1. The molecule has 0 aromatic carbocycles. The Morgan fingerprint density at radius 1 is 1.65 bits per heavy atom. The van der Waals surface area contributed by atoms with Crippen LogP contribution in [0.5, 0.6) is 0 Å². The van der Waals surface area contributed by atoms with Crippen LogP contribution in [-0.2, 0) is 19.1 Å². The van der Waals surface area contributed by atoms with Crippen LogP contribution in [0.15, 0.2) is 0 Å². The van der Waals surface area contributed by atoms with Crippen molar-refractivity contribution in [2.45, 2.75) is 37.8 Å². The Kier molecular flexibility index (Phi) is 5.43. The zero-order chi connectivity index (χ0) is 12.7. The van der Waals surface area contributed by atoms with Crippen LogP contribution < -0.4 is 5.32 Å². The molecule has 1 N–H and O–H groups in total. The summed E-state index contributed by atoms with van der Waals surface area (Å²) in [6.45, 7) is 0.569. The molecule has 1 saturated heterocycles. The lowest BCUT2D eigenvalue weighted by Crippen LogP contribution is -2.45. The second-order valence-electron chi connectivity index (χ2n) is 3.78. The first kappa shape index (κ1) is 13.5. The van der Waals surface area contributed by atoms with Crippen molar-refractivity contribution in [1.82, 2.24) is 5.32 Å². The van der Waals surface area contributed by atoms with Gasteiger partial charge in [-0.1, -0.05) is 0 Å². The van der Waals surface area contributed by atoms with Gasteiger partial charge in [0.25, 0.3) is 0 Å². The zero-order valence-corrected chi connectivity index (χ0v) is 9.77. The van der Waals surface area contributed by atoms with Gasteiger partial charge < -0.3 is 14.8 Å². The number of hydrogen-bond donors (Lipinski definition) is 1. The summed E-state index contributed by atoms with van der Waals surface area (Å²) in [5.74, 6) is -0.845. The first-order chi connectivity index (χ1) is 8.19. The zero-order valence-electron chi connectivity index (χ0n) is 9.77. The first-order valence-corrected chi connectivity index (χ1v) is 5.55. The van der Waals surface area contributed by atoms with E-state index in [1.807, 2.05) is 6.07 Å². The molecule has 94 valence electrons. The molecule has 1 amide bonds. The van der Waals surface area contributed by atoms with Crippen LogP contribution in [0.2, 0.25) is 0 Å². The summed E-state index contributed by atoms with van der Waals surface area (Å²) in [4.78, 5) is 23.1. The van der Waals surface area contributed by atoms with E-state index in [9.17, 15) is 9.59 Å². The van der Waals surface area contributed by atoms with Gasteiger partial charge in [-0.05, 0) is 19.3 Å². The molecule has 0 aromatic heterocycles. The number of methoxy groups -OCH3 is 1. The number of amides is 1. The maximum Gasteiger partial charge on any atom is 0.328 e. The molecule has 0 aliphatic carbocycles. The van der Waals surface area contributed by atoms with E-state index >= 15 is 0 Å². The highest BCUT2D eigenvalue weighted by Crippen LogP contribution is 2.12. The van der Waals surface area contributed by atoms with Crippen molar-refractivity contribution < 1.29 is 19.1 Å². The minimum atomic E-state index is -0.767. The predicted molar refractivity (Wildman–Crippen MR) is 57.8 cm³/mol. The van der Waals surface area contributed by atoms with Gasteiger partial charge in [0.15, 0.2) is 0 Å². The number of hydrogen-bond acceptors (Lipinski definition) is 5. The van der Waals surface area contributed by atoms with Gasteiger partial charge in [0.05, 0.1) is 13.2 Å². The minimum Gasteiger partial charge on any atom is -0.467 e. The third-order valence-corrected chi connectivity index (χ3v) is 2.57. The van der Waals surface area contributed by atoms with Gasteiger partial charge in [-0.3, -0.25) is 4.79 Å². The van der Waals surface area contributed by atoms with Crippen molar-refractivity contribution in [2.24, 2.45) is 0 Å². The average Bonchev–Trinajstić information content (AvgIpc) is 2.87. The molecule has 6 nitrogen and oxygen atoms in total. The molecule has 1 aliphatic heterocycles. The van der Waals surface area contributed by atoms with E-state index < -0.39 is 18.1 Å². The molecule has 1 fully saturated rings. The van der Waals surface area contributed by atoms with Crippen molar-refractivity contribution in [3.8, 4) is 6.07 Å². The largest absolute Gasteiger partial charge is 0.467 e. The lowest BCUT2D eigenvalue weighted by atomic mass is 10.1. The van der Waals surface area contributed by atoms with Crippen molar-refractivity contribution in [1.29, 1.82) is 5.26 Å². The predicted octanol–water partition coefficient (Wildman–Crippen LogP) is 0.127. The van der Waals surface area contributed by atoms with Crippen LogP contribution in [0.3, 0.4) is 0 Å². The van der Waals surface area contributed by atoms with E-state index in [1.54, 1.807) is 0 Å². The molecule has 0 radical (unpaired) electrons. The molecule has 0 saturated carbocycles. The Bertz CT molecular complexity index is 318. The topological polar surface area (TPSA) is 88.4 Å². The average molecular weight is 240 g/mol. The van der Waals surface area contributed by atoms with E-state index in [0.717, 1.165) is 6.42 Å². The number of nitrogens with zero attached hydrogens (tertiary/aromatic N) is 1. The maximum absolute atomic E-state index is 11.7. The summed E-state index contributed by atoms with van der Waals surface area (Å²) in [5.41, 5.74) is 0. The molecule has 1 aliphatic rings. The van der Waals surface area contributed by atoms with Crippen LogP contribution in [0.4, 0.5) is 0 Å². The molecule has 0 unspecified atom stereocenters. The highest BCUT2D eigenvalue weighted by atomic mass is 16.5. The maximum atomic E-state index is 11.7. The SMILES string of the molecule is COC(=O)[C@@H](CCC#N)NC(=O)[C@H]1CCCO1. The van der Waals surface area contributed by atoms with Crippen molar-refractivity contribution >= 4 is 11.9 Å². The van der Waals surface area contributed by atoms with Gasteiger partial charge in [0.1, 0.15) is 12.1 Å². The molecule has 0 spiro atoms. The smallest absolute Gasteiger partial charge is 0.328 e. The van der Waals surface area contributed by atoms with Crippen LogP contribution in [-0.4, -0.2) is 37.7 Å². The monoisotopic (exact) mass is 240 g/mol. The van der Waals surface area contributed by atoms with Crippen LogP contribution >= 0.6 is 0 Å². The number of rotatable bonds is 5. The standard InChI is InChI=1S/C11H16N2O4/c1-16-11(15)8(4-2-6-12)13-10(14)9-5-3-7-17-9/h8-9H,2-5,7H2,1H3,(H,13,14)/t8-,9-/m1/s1. The number of ether oxygens (including phenoxy) is 2. The lowest BCUT2D eigenvalue weighted by molar-refractivity contribution is -0.146. The molecule has 17 heavy (non-hydrogen) atoms. The van der Waals surface area contributed by atoms with Crippen molar-refractivity contribution in [2.75, 3.05) is 13.7 Å². The lowest BCUT2D eigenvalue weighted by Gasteiger charge is -2.17. The van der Waals surface area contributed by atoms with E-state index in [2.05, 4.69) is 10.1 Å². The van der Waals surface area contributed by atoms with Crippen LogP contribution in [0, 0.1) is 11.3 Å². The first-order valence-electron chi connectivity index (χ1n) is 5.55.